The van der Waals surface area contributed by atoms with Gasteiger partial charge in [-0.1, -0.05) is 24.3 Å². The highest BCUT2D eigenvalue weighted by molar-refractivity contribution is 5.91. The molecule has 1 rings (SSSR count). The molecule has 5 heteroatoms. The molecule has 0 aliphatic carbocycles. The van der Waals surface area contributed by atoms with Gasteiger partial charge in [-0.25, -0.2) is 4.79 Å². The van der Waals surface area contributed by atoms with E-state index in [2.05, 4.69) is 17.2 Å². The quantitative estimate of drug-likeness (QED) is 0.697. The fourth-order valence-electron chi connectivity index (χ4n) is 1.38. The third-order valence-corrected chi connectivity index (χ3v) is 2.32. The highest BCUT2D eigenvalue weighted by Gasteiger charge is 2.09. The lowest BCUT2D eigenvalue weighted by atomic mass is 10.1. The minimum atomic E-state index is -0.941. The summed E-state index contributed by atoms with van der Waals surface area (Å²) >= 11 is 0. The number of rotatable bonds is 5. The number of carboxylic acid groups (broad SMARTS) is 1. The lowest BCUT2D eigenvalue weighted by Crippen LogP contribution is -2.35. The Morgan fingerprint density at radius 3 is 2.72 bits per heavy atom. The topological polar surface area (TPSA) is 78.4 Å². The van der Waals surface area contributed by atoms with Crippen LogP contribution < -0.4 is 10.6 Å². The van der Waals surface area contributed by atoms with Crippen molar-refractivity contribution in [3.05, 3.63) is 42.5 Å². The van der Waals surface area contributed by atoms with E-state index in [0.29, 0.717) is 11.3 Å². The van der Waals surface area contributed by atoms with Crippen LogP contribution in [0.1, 0.15) is 12.5 Å². The first-order valence-corrected chi connectivity index (χ1v) is 5.52. The second-order valence-corrected chi connectivity index (χ2v) is 3.85. The SMILES string of the molecule is C=CC(C)NC(=O)Nc1ccccc1CC(=O)O. The average molecular weight is 248 g/mol. The molecule has 0 heterocycles. The number of anilines is 1. The normalized spacial score (nSPS) is 11.4. The summed E-state index contributed by atoms with van der Waals surface area (Å²) in [6.45, 7) is 5.34. The van der Waals surface area contributed by atoms with Crippen molar-refractivity contribution in [1.29, 1.82) is 0 Å². The van der Waals surface area contributed by atoms with Gasteiger partial charge < -0.3 is 15.7 Å². The van der Waals surface area contributed by atoms with Crippen LogP contribution in [0.25, 0.3) is 0 Å². The second kappa shape index (κ2) is 6.44. The van der Waals surface area contributed by atoms with E-state index in [1.165, 1.54) is 0 Å². The maximum atomic E-state index is 11.6. The summed E-state index contributed by atoms with van der Waals surface area (Å²) in [6, 6.07) is 6.25. The Morgan fingerprint density at radius 1 is 1.44 bits per heavy atom. The lowest BCUT2D eigenvalue weighted by Gasteiger charge is -2.13. The largest absolute Gasteiger partial charge is 0.481 e. The molecule has 0 saturated heterocycles. The van der Waals surface area contributed by atoms with Crippen molar-refractivity contribution in [3.63, 3.8) is 0 Å². The van der Waals surface area contributed by atoms with Crippen molar-refractivity contribution in [2.75, 3.05) is 5.32 Å². The number of hydrogen-bond donors (Lipinski definition) is 3. The molecular weight excluding hydrogens is 232 g/mol. The van der Waals surface area contributed by atoms with Gasteiger partial charge in [0, 0.05) is 11.7 Å². The van der Waals surface area contributed by atoms with Crippen LogP contribution in [0.2, 0.25) is 0 Å². The molecular formula is C13H16N2O3. The smallest absolute Gasteiger partial charge is 0.319 e. The Hall–Kier alpha value is -2.30. The zero-order valence-corrected chi connectivity index (χ0v) is 10.1. The van der Waals surface area contributed by atoms with Gasteiger partial charge >= 0.3 is 12.0 Å². The van der Waals surface area contributed by atoms with Crippen molar-refractivity contribution in [1.82, 2.24) is 5.32 Å². The summed E-state index contributed by atoms with van der Waals surface area (Å²) in [5.74, 6) is -0.941. The fraction of sp³-hybridized carbons (Fsp3) is 0.231. The molecule has 0 aliphatic heterocycles. The number of carbonyl (C=O) groups is 2. The van der Waals surface area contributed by atoms with Gasteiger partial charge in [-0.2, -0.15) is 0 Å². The molecule has 1 atom stereocenters. The van der Waals surface area contributed by atoms with Crippen LogP contribution >= 0.6 is 0 Å². The molecule has 1 aromatic rings. The van der Waals surface area contributed by atoms with Crippen molar-refractivity contribution in [2.45, 2.75) is 19.4 Å². The molecule has 2 amide bonds. The minimum Gasteiger partial charge on any atom is -0.481 e. The monoisotopic (exact) mass is 248 g/mol. The van der Waals surface area contributed by atoms with E-state index >= 15 is 0 Å². The van der Waals surface area contributed by atoms with Crippen LogP contribution in [0.3, 0.4) is 0 Å². The zero-order valence-electron chi connectivity index (χ0n) is 10.1. The number of nitrogens with one attached hydrogen (secondary N) is 2. The van der Waals surface area contributed by atoms with Crippen molar-refractivity contribution in [2.24, 2.45) is 0 Å². The molecule has 18 heavy (non-hydrogen) atoms. The maximum absolute atomic E-state index is 11.6. The first-order valence-electron chi connectivity index (χ1n) is 5.52. The van der Waals surface area contributed by atoms with Crippen LogP contribution in [0.15, 0.2) is 36.9 Å². The van der Waals surface area contributed by atoms with Crippen molar-refractivity contribution in [3.8, 4) is 0 Å². The molecule has 1 aromatic carbocycles. The third kappa shape index (κ3) is 4.29. The number of carbonyl (C=O) groups excluding carboxylic acids is 1. The van der Waals surface area contributed by atoms with Crippen LogP contribution in [0, 0.1) is 0 Å². The molecule has 5 nitrogen and oxygen atoms in total. The molecule has 0 saturated carbocycles. The standard InChI is InChI=1S/C13H16N2O3/c1-3-9(2)14-13(18)15-11-7-5-4-6-10(11)8-12(16)17/h3-7,9H,1,8H2,2H3,(H,16,17)(H2,14,15,18). The van der Waals surface area contributed by atoms with E-state index in [1.807, 2.05) is 0 Å². The van der Waals surface area contributed by atoms with Gasteiger partial charge in [0.1, 0.15) is 0 Å². The first-order chi connectivity index (χ1) is 8.52. The second-order valence-electron chi connectivity index (χ2n) is 3.85. The molecule has 0 spiro atoms. The zero-order chi connectivity index (χ0) is 13.5. The Bertz CT molecular complexity index is 457. The van der Waals surface area contributed by atoms with E-state index in [-0.39, 0.29) is 18.5 Å². The summed E-state index contributed by atoms with van der Waals surface area (Å²) < 4.78 is 0. The summed E-state index contributed by atoms with van der Waals surface area (Å²) in [6.07, 6.45) is 1.47. The molecule has 0 fully saturated rings. The van der Waals surface area contributed by atoms with Gasteiger partial charge in [0.05, 0.1) is 6.42 Å². The molecule has 1 unspecified atom stereocenters. The summed E-state index contributed by atoms with van der Waals surface area (Å²) in [5.41, 5.74) is 1.06. The number of hydrogen-bond acceptors (Lipinski definition) is 2. The number of urea groups is 1. The Kier molecular flexibility index (Phi) is 4.92. The molecule has 3 N–H and O–H groups in total. The Balaban J connectivity index is 2.74. The number of aliphatic carboxylic acids is 1. The van der Waals surface area contributed by atoms with Gasteiger partial charge in [-0.3, -0.25) is 4.79 Å². The van der Waals surface area contributed by atoms with E-state index in [9.17, 15) is 9.59 Å². The van der Waals surface area contributed by atoms with Gasteiger partial charge in [0.25, 0.3) is 0 Å². The molecule has 0 aromatic heterocycles. The first kappa shape index (κ1) is 13.8. The summed E-state index contributed by atoms with van der Waals surface area (Å²) in [5, 5.41) is 14.0. The van der Waals surface area contributed by atoms with Crippen LogP contribution in [0.5, 0.6) is 0 Å². The van der Waals surface area contributed by atoms with E-state index in [4.69, 9.17) is 5.11 Å². The summed E-state index contributed by atoms with van der Waals surface area (Å²) in [7, 11) is 0. The molecule has 96 valence electrons. The number of carboxylic acids is 1. The van der Waals surface area contributed by atoms with Gasteiger partial charge in [0.15, 0.2) is 0 Å². The van der Waals surface area contributed by atoms with Gasteiger partial charge in [-0.15, -0.1) is 6.58 Å². The van der Waals surface area contributed by atoms with Gasteiger partial charge in [-0.05, 0) is 18.6 Å². The van der Waals surface area contributed by atoms with Gasteiger partial charge in [0.2, 0.25) is 0 Å². The Morgan fingerprint density at radius 2 is 2.11 bits per heavy atom. The van der Waals surface area contributed by atoms with Crippen molar-refractivity contribution >= 4 is 17.7 Å². The molecule has 0 aliphatic rings. The van der Waals surface area contributed by atoms with E-state index in [0.717, 1.165) is 0 Å². The summed E-state index contributed by atoms with van der Waals surface area (Å²) in [4.78, 5) is 22.3. The Labute approximate surface area is 106 Å². The molecule has 0 radical (unpaired) electrons. The van der Waals surface area contributed by atoms with Crippen LogP contribution in [0.4, 0.5) is 10.5 Å². The highest BCUT2D eigenvalue weighted by atomic mass is 16.4. The number of benzene rings is 1. The van der Waals surface area contributed by atoms with Crippen molar-refractivity contribution < 1.29 is 14.7 Å². The fourth-order valence-corrected chi connectivity index (χ4v) is 1.38. The average Bonchev–Trinajstić information content (AvgIpc) is 2.30. The maximum Gasteiger partial charge on any atom is 0.319 e. The number of amides is 2. The van der Waals surface area contributed by atoms with E-state index < -0.39 is 5.97 Å². The predicted octanol–water partition coefficient (Wildman–Crippen LogP) is 2.01. The third-order valence-electron chi connectivity index (χ3n) is 2.32. The van der Waals surface area contributed by atoms with E-state index in [1.54, 1.807) is 37.3 Å². The minimum absolute atomic E-state index is 0.131. The van der Waals surface area contributed by atoms with Crippen LogP contribution in [-0.2, 0) is 11.2 Å². The number of para-hydroxylation sites is 1. The predicted molar refractivity (Wildman–Crippen MR) is 69.6 cm³/mol. The van der Waals surface area contributed by atoms with Crippen LogP contribution in [-0.4, -0.2) is 23.1 Å². The highest BCUT2D eigenvalue weighted by Crippen LogP contribution is 2.15. The molecule has 0 bridgehead atoms. The lowest BCUT2D eigenvalue weighted by molar-refractivity contribution is -0.136.